The summed E-state index contributed by atoms with van der Waals surface area (Å²) in [6.45, 7) is 0.706. The van der Waals surface area contributed by atoms with Gasteiger partial charge in [0.05, 0.1) is 30.5 Å². The van der Waals surface area contributed by atoms with E-state index in [0.717, 1.165) is 27.7 Å². The van der Waals surface area contributed by atoms with Crippen molar-refractivity contribution in [3.8, 4) is 5.75 Å². The van der Waals surface area contributed by atoms with Crippen LogP contribution in [-0.4, -0.2) is 84.7 Å². The van der Waals surface area contributed by atoms with Crippen molar-refractivity contribution in [3.05, 3.63) is 95.8 Å². The van der Waals surface area contributed by atoms with Gasteiger partial charge in [0.25, 0.3) is 0 Å². The molecular formula is C31H33N7O4. The van der Waals surface area contributed by atoms with E-state index in [1.54, 1.807) is 57.5 Å². The molecule has 2 fully saturated rings. The fourth-order valence-electron chi connectivity index (χ4n) is 5.91. The zero-order valence-electron chi connectivity index (χ0n) is 23.6. The lowest BCUT2D eigenvalue weighted by atomic mass is 9.98. The number of fused-ring (bicyclic) bond motifs is 2. The average molecular weight is 568 g/mol. The minimum Gasteiger partial charge on any atom is -0.508 e. The molecule has 0 radical (unpaired) electrons. The Labute approximate surface area is 243 Å². The molecule has 0 unspecified atom stereocenters. The molecule has 0 bridgehead atoms. The highest BCUT2D eigenvalue weighted by molar-refractivity contribution is 5.92. The zero-order chi connectivity index (χ0) is 29.4. The molecule has 11 nitrogen and oxygen atoms in total. The highest BCUT2D eigenvalue weighted by Crippen LogP contribution is 2.30. The highest BCUT2D eigenvalue weighted by Gasteiger charge is 2.50. The number of likely N-dealkylation sites (N-methyl/N-ethyl adjacent to an activating group) is 1. The molecule has 2 N–H and O–H groups in total. The number of carbonyl (C=O) groups is 3. The van der Waals surface area contributed by atoms with Gasteiger partial charge < -0.3 is 24.8 Å². The summed E-state index contributed by atoms with van der Waals surface area (Å²) in [5.41, 5.74) is 4.39. The maximum Gasteiger partial charge on any atom is 0.334 e. The lowest BCUT2D eigenvalue weighted by Crippen LogP contribution is -2.76. The van der Waals surface area contributed by atoms with E-state index in [2.05, 4.69) is 10.3 Å². The number of amides is 4. The fraction of sp³-hybridized carbons (Fsp3) is 0.290. The van der Waals surface area contributed by atoms with Crippen LogP contribution in [0.4, 0.5) is 4.79 Å². The summed E-state index contributed by atoms with van der Waals surface area (Å²) in [5, 5.41) is 15.9. The SMILES string of the molecule is CN1CC(=O)N2[C@@H](CN(Cc3cccc4c3ncn4C)C(=O)[C@@H]2Cc2ccc(O)cc2)N1C(=O)NCc1ccccc1. The standard InChI is InChI=1S/C31H33N7O4/c1-34-20-33-29-23(9-6-10-25(29)34)17-36-18-27-37(26(30(36)41)15-21-11-13-24(39)14-12-21)28(40)19-35(2)38(27)31(42)32-16-22-7-4-3-5-8-22/h3-14,20,26-27,39H,15-19H2,1-2H3,(H,32,42)/t26-,27+/m0/s1. The third-order valence-electron chi connectivity index (χ3n) is 8.00. The highest BCUT2D eigenvalue weighted by atomic mass is 16.3. The maximum absolute atomic E-state index is 14.1. The maximum atomic E-state index is 14.1. The number of nitrogens with zero attached hydrogens (tertiary/aromatic N) is 6. The number of rotatable bonds is 6. The van der Waals surface area contributed by atoms with Crippen LogP contribution in [-0.2, 0) is 36.1 Å². The number of imidazole rings is 1. The van der Waals surface area contributed by atoms with E-state index in [1.165, 1.54) is 0 Å². The molecule has 4 amide bonds. The van der Waals surface area contributed by atoms with E-state index >= 15 is 0 Å². The summed E-state index contributed by atoms with van der Waals surface area (Å²) < 4.78 is 1.93. The number of carbonyl (C=O) groups excluding carboxylic acids is 3. The van der Waals surface area contributed by atoms with Gasteiger partial charge in [-0.1, -0.05) is 54.6 Å². The number of hydrazine groups is 1. The van der Waals surface area contributed by atoms with Crippen LogP contribution in [0.5, 0.6) is 5.75 Å². The van der Waals surface area contributed by atoms with Gasteiger partial charge >= 0.3 is 6.03 Å². The molecule has 2 saturated heterocycles. The second kappa shape index (κ2) is 11.2. The number of aryl methyl sites for hydroxylation is 1. The second-order valence-electron chi connectivity index (χ2n) is 10.8. The average Bonchev–Trinajstić information content (AvgIpc) is 3.37. The van der Waals surface area contributed by atoms with Crippen LogP contribution in [0.1, 0.15) is 16.7 Å². The first-order valence-corrected chi connectivity index (χ1v) is 13.9. The molecule has 4 aromatic rings. The van der Waals surface area contributed by atoms with E-state index in [0.29, 0.717) is 6.54 Å². The smallest absolute Gasteiger partial charge is 0.334 e. The van der Waals surface area contributed by atoms with E-state index in [-0.39, 0.29) is 49.7 Å². The summed E-state index contributed by atoms with van der Waals surface area (Å²) in [6, 6.07) is 20.9. The molecule has 3 aromatic carbocycles. The monoisotopic (exact) mass is 567 g/mol. The van der Waals surface area contributed by atoms with Crippen molar-refractivity contribution in [3.63, 3.8) is 0 Å². The van der Waals surface area contributed by atoms with Gasteiger partial charge in [0, 0.05) is 33.6 Å². The number of urea groups is 1. The predicted molar refractivity (Wildman–Crippen MR) is 156 cm³/mol. The molecular weight excluding hydrogens is 534 g/mol. The first-order valence-electron chi connectivity index (χ1n) is 13.9. The number of aromatic nitrogens is 2. The largest absolute Gasteiger partial charge is 0.508 e. The molecule has 6 rings (SSSR count). The van der Waals surface area contributed by atoms with E-state index in [1.807, 2.05) is 60.1 Å². The quantitative estimate of drug-likeness (QED) is 0.370. The minimum absolute atomic E-state index is 0.0398. The molecule has 2 aliphatic rings. The van der Waals surface area contributed by atoms with Gasteiger partial charge in [-0.2, -0.15) is 0 Å². The van der Waals surface area contributed by atoms with Gasteiger partial charge in [-0.15, -0.1) is 0 Å². The van der Waals surface area contributed by atoms with Crippen LogP contribution in [0.25, 0.3) is 11.0 Å². The molecule has 0 spiro atoms. The zero-order valence-corrected chi connectivity index (χ0v) is 23.6. The lowest BCUT2D eigenvalue weighted by Gasteiger charge is -2.54. The Balaban J connectivity index is 1.34. The number of nitrogens with one attached hydrogen (secondary N) is 1. The minimum atomic E-state index is -0.832. The number of aromatic hydroxyl groups is 1. The Morgan fingerprint density at radius 1 is 0.976 bits per heavy atom. The van der Waals surface area contributed by atoms with E-state index in [4.69, 9.17) is 0 Å². The summed E-state index contributed by atoms with van der Waals surface area (Å²) >= 11 is 0. The van der Waals surface area contributed by atoms with Crippen LogP contribution in [0.3, 0.4) is 0 Å². The van der Waals surface area contributed by atoms with Crippen molar-refractivity contribution >= 4 is 28.9 Å². The van der Waals surface area contributed by atoms with Gasteiger partial charge in [0.1, 0.15) is 18.0 Å². The number of para-hydroxylation sites is 1. The van der Waals surface area contributed by atoms with Gasteiger partial charge in [0.15, 0.2) is 0 Å². The lowest BCUT2D eigenvalue weighted by molar-refractivity contribution is -0.187. The topological polar surface area (TPSA) is 114 Å². The Bertz CT molecular complexity index is 1620. The Hall–Kier alpha value is -4.90. The Kier molecular flexibility index (Phi) is 7.26. The van der Waals surface area contributed by atoms with Crippen molar-refractivity contribution in [2.75, 3.05) is 20.1 Å². The summed E-state index contributed by atoms with van der Waals surface area (Å²) in [5.74, 6) is -0.304. The van der Waals surface area contributed by atoms with Crippen molar-refractivity contribution in [2.45, 2.75) is 31.7 Å². The number of phenolic OH excluding ortho intramolecular Hbond substituents is 1. The third kappa shape index (κ3) is 5.14. The molecule has 0 saturated carbocycles. The van der Waals surface area contributed by atoms with Crippen LogP contribution in [0, 0.1) is 0 Å². The van der Waals surface area contributed by atoms with Crippen LogP contribution in [0.15, 0.2) is 79.1 Å². The predicted octanol–water partition coefficient (Wildman–Crippen LogP) is 2.46. The Morgan fingerprint density at radius 3 is 2.50 bits per heavy atom. The van der Waals surface area contributed by atoms with Gasteiger partial charge in [0.2, 0.25) is 11.8 Å². The van der Waals surface area contributed by atoms with Gasteiger partial charge in [-0.25, -0.2) is 19.8 Å². The van der Waals surface area contributed by atoms with Gasteiger partial charge in [-0.3, -0.25) is 9.59 Å². The van der Waals surface area contributed by atoms with Crippen LogP contribution in [0.2, 0.25) is 0 Å². The van der Waals surface area contributed by atoms with Crippen molar-refractivity contribution in [1.82, 2.24) is 34.7 Å². The molecule has 11 heteroatoms. The van der Waals surface area contributed by atoms with Crippen molar-refractivity contribution < 1.29 is 19.5 Å². The van der Waals surface area contributed by atoms with Gasteiger partial charge in [-0.05, 0) is 34.9 Å². The first kappa shape index (κ1) is 27.3. The Morgan fingerprint density at radius 2 is 1.74 bits per heavy atom. The van der Waals surface area contributed by atoms with Crippen molar-refractivity contribution in [1.29, 1.82) is 0 Å². The molecule has 216 valence electrons. The van der Waals surface area contributed by atoms with E-state index in [9.17, 15) is 19.5 Å². The summed E-state index contributed by atoms with van der Waals surface area (Å²) in [4.78, 5) is 49.2. The number of benzene rings is 3. The molecule has 2 aliphatic heterocycles. The van der Waals surface area contributed by atoms with Crippen molar-refractivity contribution in [2.24, 2.45) is 7.05 Å². The number of piperazine rings is 1. The normalized spacial score (nSPS) is 19.3. The third-order valence-corrected chi connectivity index (χ3v) is 8.00. The number of phenols is 1. The first-order chi connectivity index (χ1) is 20.3. The molecule has 3 heterocycles. The number of hydrogen-bond donors (Lipinski definition) is 2. The van der Waals surface area contributed by atoms with Crippen LogP contribution < -0.4 is 5.32 Å². The number of hydrogen-bond acceptors (Lipinski definition) is 6. The second-order valence-corrected chi connectivity index (χ2v) is 10.8. The van der Waals surface area contributed by atoms with Crippen LogP contribution >= 0.6 is 0 Å². The molecule has 0 aliphatic carbocycles. The summed E-state index contributed by atoms with van der Waals surface area (Å²) in [6.07, 6.45) is 1.28. The molecule has 2 atom stereocenters. The fourth-order valence-corrected chi connectivity index (χ4v) is 5.91. The molecule has 42 heavy (non-hydrogen) atoms. The summed E-state index contributed by atoms with van der Waals surface area (Å²) in [7, 11) is 3.63. The molecule has 1 aromatic heterocycles. The van der Waals surface area contributed by atoms with E-state index < -0.39 is 12.2 Å².